The molecule has 16 heavy (non-hydrogen) atoms. The van der Waals surface area contributed by atoms with E-state index >= 15 is 0 Å². The predicted octanol–water partition coefficient (Wildman–Crippen LogP) is 1.93. The minimum absolute atomic E-state index is 0.224. The molecule has 0 aromatic carbocycles. The van der Waals surface area contributed by atoms with Crippen LogP contribution in [0.2, 0.25) is 0 Å². The largest absolute Gasteiger partial charge is 0.409 e. The molecular weight excluding hydrogens is 202 g/mol. The van der Waals surface area contributed by atoms with Gasteiger partial charge in [-0.2, -0.15) is 0 Å². The number of amidine groups is 1. The van der Waals surface area contributed by atoms with Crippen molar-refractivity contribution in [3.63, 3.8) is 0 Å². The normalized spacial score (nSPS) is 17.8. The van der Waals surface area contributed by atoms with Crippen molar-refractivity contribution in [1.82, 2.24) is 5.32 Å². The van der Waals surface area contributed by atoms with Crippen LogP contribution in [0.15, 0.2) is 5.16 Å². The molecule has 0 bridgehead atoms. The Bertz CT molecular complexity index is 234. The van der Waals surface area contributed by atoms with Crippen LogP contribution in [0.5, 0.6) is 0 Å². The highest BCUT2D eigenvalue weighted by Crippen LogP contribution is 2.33. The Hall–Kier alpha value is -0.770. The second-order valence-corrected chi connectivity index (χ2v) is 5.45. The van der Waals surface area contributed by atoms with Crippen LogP contribution >= 0.6 is 0 Å². The number of hydrogen-bond acceptors (Lipinski definition) is 3. The van der Waals surface area contributed by atoms with E-state index in [1.807, 2.05) is 13.8 Å². The Kier molecular flexibility index (Phi) is 5.06. The maximum atomic E-state index is 8.62. The second kappa shape index (κ2) is 6.09. The molecule has 1 saturated carbocycles. The van der Waals surface area contributed by atoms with Gasteiger partial charge in [0.25, 0.3) is 0 Å². The van der Waals surface area contributed by atoms with E-state index < -0.39 is 0 Å². The summed E-state index contributed by atoms with van der Waals surface area (Å²) in [5, 5.41) is 15.1. The van der Waals surface area contributed by atoms with Crippen molar-refractivity contribution in [3.8, 4) is 0 Å². The lowest BCUT2D eigenvalue weighted by atomic mass is 9.88. The van der Waals surface area contributed by atoms with Crippen molar-refractivity contribution in [2.24, 2.45) is 22.2 Å². The van der Waals surface area contributed by atoms with Crippen LogP contribution in [0.1, 0.15) is 46.0 Å². The lowest BCUT2D eigenvalue weighted by Crippen LogP contribution is -2.35. The summed E-state index contributed by atoms with van der Waals surface area (Å²) in [4.78, 5) is 0. The van der Waals surface area contributed by atoms with Gasteiger partial charge < -0.3 is 16.3 Å². The summed E-state index contributed by atoms with van der Waals surface area (Å²) in [5.74, 6) is 1.34. The molecule has 4 heteroatoms. The Morgan fingerprint density at radius 2 is 2.12 bits per heavy atom. The molecule has 0 radical (unpaired) electrons. The van der Waals surface area contributed by atoms with Crippen LogP contribution in [0.3, 0.4) is 0 Å². The summed E-state index contributed by atoms with van der Waals surface area (Å²) in [6.07, 6.45) is 6.42. The van der Waals surface area contributed by atoms with E-state index in [-0.39, 0.29) is 5.41 Å². The molecule has 0 heterocycles. The van der Waals surface area contributed by atoms with Crippen molar-refractivity contribution in [2.75, 3.05) is 13.1 Å². The summed E-state index contributed by atoms with van der Waals surface area (Å²) in [6.45, 7) is 6.00. The molecule has 1 aliphatic carbocycles. The van der Waals surface area contributed by atoms with Crippen LogP contribution in [-0.2, 0) is 0 Å². The van der Waals surface area contributed by atoms with Gasteiger partial charge in [0, 0.05) is 5.41 Å². The van der Waals surface area contributed by atoms with E-state index in [1.165, 1.54) is 25.7 Å². The second-order valence-electron chi connectivity index (χ2n) is 5.45. The summed E-state index contributed by atoms with van der Waals surface area (Å²) in [6, 6.07) is 0. The molecule has 0 aromatic heterocycles. The first-order valence-corrected chi connectivity index (χ1v) is 6.25. The van der Waals surface area contributed by atoms with Crippen LogP contribution in [0, 0.1) is 11.3 Å². The highest BCUT2D eigenvalue weighted by atomic mass is 16.4. The lowest BCUT2D eigenvalue weighted by Gasteiger charge is -2.22. The van der Waals surface area contributed by atoms with Gasteiger partial charge in [0.05, 0.1) is 0 Å². The maximum Gasteiger partial charge on any atom is 0.144 e. The van der Waals surface area contributed by atoms with Gasteiger partial charge in [-0.15, -0.1) is 0 Å². The van der Waals surface area contributed by atoms with Gasteiger partial charge in [-0.25, -0.2) is 0 Å². The molecule has 0 unspecified atom stereocenters. The van der Waals surface area contributed by atoms with Crippen LogP contribution in [0.25, 0.3) is 0 Å². The fourth-order valence-corrected chi connectivity index (χ4v) is 1.71. The van der Waals surface area contributed by atoms with Gasteiger partial charge in [0.1, 0.15) is 5.84 Å². The molecule has 0 spiro atoms. The number of nitrogens with zero attached hydrogens (tertiary/aromatic N) is 1. The Balaban J connectivity index is 2.00. The van der Waals surface area contributed by atoms with E-state index in [1.54, 1.807) is 0 Å². The zero-order chi connectivity index (χ0) is 12.0. The molecular formula is C12H25N3O. The first kappa shape index (κ1) is 13.3. The maximum absolute atomic E-state index is 8.62. The van der Waals surface area contributed by atoms with Gasteiger partial charge in [0.2, 0.25) is 0 Å². The van der Waals surface area contributed by atoms with Crippen molar-refractivity contribution in [1.29, 1.82) is 0 Å². The van der Waals surface area contributed by atoms with E-state index in [9.17, 15) is 0 Å². The van der Waals surface area contributed by atoms with Gasteiger partial charge in [-0.05, 0) is 38.3 Å². The molecule has 0 amide bonds. The third-order valence-electron chi connectivity index (χ3n) is 3.39. The van der Waals surface area contributed by atoms with Gasteiger partial charge >= 0.3 is 0 Å². The molecule has 1 aliphatic rings. The monoisotopic (exact) mass is 227 g/mol. The molecule has 4 nitrogen and oxygen atoms in total. The van der Waals surface area contributed by atoms with Gasteiger partial charge in [0.15, 0.2) is 0 Å². The van der Waals surface area contributed by atoms with Gasteiger partial charge in [-0.3, -0.25) is 0 Å². The lowest BCUT2D eigenvalue weighted by molar-refractivity contribution is 0.305. The minimum Gasteiger partial charge on any atom is -0.409 e. The van der Waals surface area contributed by atoms with Crippen LogP contribution in [-0.4, -0.2) is 24.1 Å². The van der Waals surface area contributed by atoms with Crippen molar-refractivity contribution in [3.05, 3.63) is 0 Å². The zero-order valence-electron chi connectivity index (χ0n) is 10.5. The molecule has 0 atom stereocenters. The Labute approximate surface area is 98.3 Å². The standard InChI is InChI=1S/C12H25N3O/c1-12(2,11(13)15-16)7-9-14-8-3-4-10-5-6-10/h10,14,16H,3-9H2,1-2H3,(H2,13,15). The molecule has 1 fully saturated rings. The number of nitrogens with two attached hydrogens (primary N) is 1. The number of hydrogen-bond donors (Lipinski definition) is 3. The summed E-state index contributed by atoms with van der Waals surface area (Å²) < 4.78 is 0. The molecule has 4 N–H and O–H groups in total. The van der Waals surface area contributed by atoms with Crippen LogP contribution < -0.4 is 11.1 Å². The molecule has 0 saturated heterocycles. The highest BCUT2D eigenvalue weighted by Gasteiger charge is 2.23. The third-order valence-corrected chi connectivity index (χ3v) is 3.39. The summed E-state index contributed by atoms with van der Waals surface area (Å²) in [7, 11) is 0. The topological polar surface area (TPSA) is 70.6 Å². The van der Waals surface area contributed by atoms with Crippen molar-refractivity contribution in [2.45, 2.75) is 46.0 Å². The molecule has 1 rings (SSSR count). The summed E-state index contributed by atoms with van der Waals surface area (Å²) >= 11 is 0. The number of nitrogens with one attached hydrogen (secondary N) is 1. The minimum atomic E-state index is -0.224. The van der Waals surface area contributed by atoms with Crippen molar-refractivity contribution >= 4 is 5.84 Å². The Morgan fingerprint density at radius 1 is 1.44 bits per heavy atom. The van der Waals surface area contributed by atoms with E-state index in [2.05, 4.69) is 10.5 Å². The highest BCUT2D eigenvalue weighted by molar-refractivity contribution is 5.85. The van der Waals surface area contributed by atoms with E-state index in [4.69, 9.17) is 10.9 Å². The predicted molar refractivity (Wildman–Crippen MR) is 66.6 cm³/mol. The average Bonchev–Trinajstić information content (AvgIpc) is 3.05. The fourth-order valence-electron chi connectivity index (χ4n) is 1.71. The van der Waals surface area contributed by atoms with E-state index in [0.717, 1.165) is 25.4 Å². The fraction of sp³-hybridized carbons (Fsp3) is 0.917. The number of oxime groups is 1. The first-order valence-electron chi connectivity index (χ1n) is 6.25. The SMILES string of the molecule is CC(C)(CCNCCCC1CC1)C(N)=NO. The van der Waals surface area contributed by atoms with Gasteiger partial charge in [-0.1, -0.05) is 31.8 Å². The Morgan fingerprint density at radius 3 is 2.69 bits per heavy atom. The van der Waals surface area contributed by atoms with E-state index in [0.29, 0.717) is 5.84 Å². The average molecular weight is 227 g/mol. The molecule has 94 valence electrons. The molecule has 0 aromatic rings. The third kappa shape index (κ3) is 4.84. The van der Waals surface area contributed by atoms with Crippen molar-refractivity contribution < 1.29 is 5.21 Å². The summed E-state index contributed by atoms with van der Waals surface area (Å²) in [5.41, 5.74) is 5.39. The van der Waals surface area contributed by atoms with Crippen LogP contribution in [0.4, 0.5) is 0 Å². The number of rotatable bonds is 8. The first-order chi connectivity index (χ1) is 7.56. The molecule has 0 aliphatic heterocycles. The quantitative estimate of drug-likeness (QED) is 0.195. The smallest absolute Gasteiger partial charge is 0.144 e. The zero-order valence-corrected chi connectivity index (χ0v) is 10.5.